The molecular weight excluding hydrogens is 531 g/mol. The minimum Gasteiger partial charge on any atom is -0.357 e. The maximum atomic E-state index is 12.1. The number of hydrogen-bond acceptors (Lipinski definition) is 5. The number of rotatable bonds is 10. The third-order valence-electron chi connectivity index (χ3n) is 5.56. The van der Waals surface area contributed by atoms with Crippen molar-refractivity contribution in [3.63, 3.8) is 0 Å². The van der Waals surface area contributed by atoms with E-state index >= 15 is 0 Å². The van der Waals surface area contributed by atoms with Crippen molar-refractivity contribution in [1.82, 2.24) is 25.7 Å². The number of likely N-dealkylation sites (tertiary alicyclic amines) is 1. The molecule has 0 aliphatic carbocycles. The second-order valence-corrected chi connectivity index (χ2v) is 8.05. The number of nitrogens with zero attached hydrogens (tertiary/aromatic N) is 4. The number of aliphatic imine (C=N–C) groups is 1. The van der Waals surface area contributed by atoms with Crippen molar-refractivity contribution in [1.29, 1.82) is 0 Å². The van der Waals surface area contributed by atoms with Crippen LogP contribution in [0.3, 0.4) is 0 Å². The van der Waals surface area contributed by atoms with Crippen LogP contribution in [0.15, 0.2) is 33.8 Å². The number of aryl methyl sites for hydroxylation is 1. The van der Waals surface area contributed by atoms with E-state index in [0.717, 1.165) is 82.1 Å². The highest BCUT2D eigenvalue weighted by atomic mass is 127. The standard InChI is InChI=1S/C24H36N6O2.HI/c1-3-21-28-23(32-29-21)20-12-10-19(11-13-20)14-16-27-24(25-4-2)26-15-8-18-30-17-7-5-6-9-22(30)31;/h10-13H,3-9,14-18H2,1-2H3,(H2,25,26,27);1H. The second kappa shape index (κ2) is 14.9. The predicted octanol–water partition coefficient (Wildman–Crippen LogP) is 3.81. The van der Waals surface area contributed by atoms with Gasteiger partial charge in [-0.2, -0.15) is 4.98 Å². The molecule has 2 aromatic rings. The first kappa shape index (κ1) is 27.1. The average molecular weight is 569 g/mol. The van der Waals surface area contributed by atoms with Crippen LogP contribution in [0.2, 0.25) is 0 Å². The van der Waals surface area contributed by atoms with Gasteiger partial charge in [0.05, 0.1) is 0 Å². The maximum Gasteiger partial charge on any atom is 0.257 e. The molecule has 0 radical (unpaired) electrons. The van der Waals surface area contributed by atoms with Crippen molar-refractivity contribution >= 4 is 35.8 Å². The number of benzene rings is 1. The predicted molar refractivity (Wildman–Crippen MR) is 142 cm³/mol. The topological polar surface area (TPSA) is 95.7 Å². The molecular formula is C24H37IN6O2. The lowest BCUT2D eigenvalue weighted by Gasteiger charge is -2.20. The van der Waals surface area contributed by atoms with Crippen molar-refractivity contribution in [2.45, 2.75) is 58.8 Å². The van der Waals surface area contributed by atoms with Gasteiger partial charge in [0.2, 0.25) is 5.91 Å². The number of hydrogen-bond donors (Lipinski definition) is 2. The fourth-order valence-corrected chi connectivity index (χ4v) is 3.72. The molecule has 3 rings (SSSR count). The van der Waals surface area contributed by atoms with Crippen molar-refractivity contribution in [2.24, 2.45) is 4.99 Å². The Balaban J connectivity index is 0.00000385. The van der Waals surface area contributed by atoms with E-state index < -0.39 is 0 Å². The first-order valence-electron chi connectivity index (χ1n) is 11.9. The van der Waals surface area contributed by atoms with Crippen molar-refractivity contribution in [2.75, 3.05) is 32.7 Å². The van der Waals surface area contributed by atoms with Crippen LogP contribution in [0.5, 0.6) is 0 Å². The number of aromatic nitrogens is 2. The summed E-state index contributed by atoms with van der Waals surface area (Å²) in [7, 11) is 0. The summed E-state index contributed by atoms with van der Waals surface area (Å²) >= 11 is 0. The summed E-state index contributed by atoms with van der Waals surface area (Å²) in [4.78, 5) is 23.1. The molecule has 1 aliphatic heterocycles. The number of guanidine groups is 1. The third kappa shape index (κ3) is 8.94. The highest BCUT2D eigenvalue weighted by molar-refractivity contribution is 14.0. The van der Waals surface area contributed by atoms with E-state index in [0.29, 0.717) is 24.8 Å². The molecule has 0 bridgehead atoms. The van der Waals surface area contributed by atoms with Gasteiger partial charge in [-0.05, 0) is 50.3 Å². The molecule has 2 N–H and O–H groups in total. The van der Waals surface area contributed by atoms with Gasteiger partial charge in [0.1, 0.15) is 0 Å². The molecule has 2 heterocycles. The Labute approximate surface area is 214 Å². The van der Waals surface area contributed by atoms with Gasteiger partial charge in [-0.1, -0.05) is 30.6 Å². The Hall–Kier alpha value is -2.17. The molecule has 33 heavy (non-hydrogen) atoms. The first-order chi connectivity index (χ1) is 15.7. The van der Waals surface area contributed by atoms with Crippen LogP contribution < -0.4 is 10.6 Å². The zero-order valence-electron chi connectivity index (χ0n) is 19.8. The molecule has 1 saturated heterocycles. The highest BCUT2D eigenvalue weighted by Crippen LogP contribution is 2.18. The van der Waals surface area contributed by atoms with Gasteiger partial charge < -0.3 is 20.1 Å². The Kier molecular flexibility index (Phi) is 12.2. The van der Waals surface area contributed by atoms with Gasteiger partial charge >= 0.3 is 0 Å². The largest absolute Gasteiger partial charge is 0.357 e. The van der Waals surface area contributed by atoms with E-state index in [4.69, 9.17) is 4.52 Å². The van der Waals surface area contributed by atoms with Gasteiger partial charge in [-0.15, -0.1) is 24.0 Å². The zero-order valence-corrected chi connectivity index (χ0v) is 22.1. The van der Waals surface area contributed by atoms with Crippen molar-refractivity contribution in [3.05, 3.63) is 35.7 Å². The molecule has 0 unspecified atom stereocenters. The minimum absolute atomic E-state index is 0. The van der Waals surface area contributed by atoms with E-state index in [1.807, 2.05) is 24.0 Å². The van der Waals surface area contributed by atoms with Crippen LogP contribution in [0.25, 0.3) is 11.5 Å². The van der Waals surface area contributed by atoms with E-state index in [9.17, 15) is 4.79 Å². The summed E-state index contributed by atoms with van der Waals surface area (Å²) in [5.41, 5.74) is 2.17. The van der Waals surface area contributed by atoms with Gasteiger partial charge in [-0.25, -0.2) is 0 Å². The number of nitrogens with one attached hydrogen (secondary N) is 2. The Bertz CT molecular complexity index is 868. The van der Waals surface area contributed by atoms with Crippen LogP contribution in [0.1, 0.15) is 57.3 Å². The lowest BCUT2D eigenvalue weighted by atomic mass is 10.1. The number of carbonyl (C=O) groups excluding carboxylic acids is 1. The van der Waals surface area contributed by atoms with Crippen LogP contribution in [0, 0.1) is 0 Å². The molecule has 8 nitrogen and oxygen atoms in total. The molecule has 1 fully saturated rings. The molecule has 1 aromatic heterocycles. The number of halogens is 1. The van der Waals surface area contributed by atoms with Crippen molar-refractivity contribution in [3.8, 4) is 11.5 Å². The fraction of sp³-hybridized carbons (Fsp3) is 0.583. The number of carbonyl (C=O) groups is 1. The molecule has 1 aromatic carbocycles. The Morgan fingerprint density at radius 3 is 2.70 bits per heavy atom. The lowest BCUT2D eigenvalue weighted by Crippen LogP contribution is -2.38. The maximum absolute atomic E-state index is 12.1. The molecule has 0 saturated carbocycles. The normalized spacial score (nSPS) is 14.5. The van der Waals surface area contributed by atoms with Crippen LogP contribution >= 0.6 is 24.0 Å². The smallest absolute Gasteiger partial charge is 0.257 e. The summed E-state index contributed by atoms with van der Waals surface area (Å²) in [5.74, 6) is 2.41. The SMILES string of the molecule is CCNC(=NCCCN1CCCCCC1=O)NCCc1ccc(-c2nc(CC)no2)cc1.I. The molecule has 1 aliphatic rings. The van der Waals surface area contributed by atoms with Gasteiger partial charge in [-0.3, -0.25) is 9.79 Å². The summed E-state index contributed by atoms with van der Waals surface area (Å²) in [5, 5.41) is 10.6. The van der Waals surface area contributed by atoms with Gasteiger partial charge in [0, 0.05) is 51.1 Å². The second-order valence-electron chi connectivity index (χ2n) is 8.05. The monoisotopic (exact) mass is 568 g/mol. The number of amides is 1. The Morgan fingerprint density at radius 2 is 1.97 bits per heavy atom. The third-order valence-corrected chi connectivity index (χ3v) is 5.56. The molecule has 0 atom stereocenters. The molecule has 182 valence electrons. The van der Waals surface area contributed by atoms with E-state index in [2.05, 4.69) is 44.8 Å². The Morgan fingerprint density at radius 1 is 1.15 bits per heavy atom. The summed E-state index contributed by atoms with van der Waals surface area (Å²) < 4.78 is 5.30. The highest BCUT2D eigenvalue weighted by Gasteiger charge is 2.15. The zero-order chi connectivity index (χ0) is 22.6. The first-order valence-corrected chi connectivity index (χ1v) is 11.9. The molecule has 0 spiro atoms. The average Bonchev–Trinajstić information content (AvgIpc) is 3.20. The molecule has 9 heteroatoms. The van der Waals surface area contributed by atoms with Crippen molar-refractivity contribution < 1.29 is 9.32 Å². The van der Waals surface area contributed by atoms with Crippen LogP contribution in [0.4, 0.5) is 0 Å². The quantitative estimate of drug-likeness (QED) is 0.196. The molecule has 1 amide bonds. The van der Waals surface area contributed by atoms with Gasteiger partial charge in [0.15, 0.2) is 11.8 Å². The van der Waals surface area contributed by atoms with Gasteiger partial charge in [0.25, 0.3) is 5.89 Å². The van der Waals surface area contributed by atoms with Crippen LogP contribution in [-0.4, -0.2) is 59.6 Å². The summed E-state index contributed by atoms with van der Waals surface area (Å²) in [6.45, 7) is 8.07. The minimum atomic E-state index is 0. The lowest BCUT2D eigenvalue weighted by molar-refractivity contribution is -0.130. The van der Waals surface area contributed by atoms with E-state index in [1.165, 1.54) is 5.56 Å². The van der Waals surface area contributed by atoms with E-state index in [1.54, 1.807) is 0 Å². The summed E-state index contributed by atoms with van der Waals surface area (Å²) in [6.07, 6.45) is 6.54. The summed E-state index contributed by atoms with van der Waals surface area (Å²) in [6, 6.07) is 8.22. The van der Waals surface area contributed by atoms with Crippen LogP contribution in [-0.2, 0) is 17.6 Å². The fourth-order valence-electron chi connectivity index (χ4n) is 3.72. The van der Waals surface area contributed by atoms with E-state index in [-0.39, 0.29) is 24.0 Å².